The van der Waals surface area contributed by atoms with Crippen LogP contribution in [-0.2, 0) is 6.54 Å². The summed E-state index contributed by atoms with van der Waals surface area (Å²) in [6, 6.07) is 4.85. The third kappa shape index (κ3) is 3.86. The second-order valence-corrected chi connectivity index (χ2v) is 7.13. The molecule has 27 heavy (non-hydrogen) atoms. The Hall–Kier alpha value is -2.71. The Bertz CT molecular complexity index is 926. The van der Waals surface area contributed by atoms with Gasteiger partial charge in [0.25, 0.3) is 5.91 Å². The molecule has 8 nitrogen and oxygen atoms in total. The SMILES string of the molecule is O=C(N[C@@H]1CC(Cn2cc(Cl)cn2)C[C@H]1O)c1cccnc1-n1cccn1. The molecule has 1 fully saturated rings. The number of nitrogens with one attached hydrogen (secondary N) is 1. The second kappa shape index (κ2) is 7.50. The molecule has 1 aliphatic rings. The van der Waals surface area contributed by atoms with Crippen LogP contribution in [0.15, 0.2) is 49.2 Å². The Kier molecular flexibility index (Phi) is 4.91. The number of hydrogen-bond donors (Lipinski definition) is 2. The minimum Gasteiger partial charge on any atom is -0.391 e. The number of nitrogens with zero attached hydrogens (tertiary/aromatic N) is 5. The van der Waals surface area contributed by atoms with Crippen LogP contribution in [0, 0.1) is 5.92 Å². The molecule has 0 aromatic carbocycles. The quantitative estimate of drug-likeness (QED) is 0.695. The maximum absolute atomic E-state index is 12.8. The third-order valence-electron chi connectivity index (χ3n) is 4.74. The molecular weight excluding hydrogens is 368 g/mol. The minimum absolute atomic E-state index is 0.209. The molecule has 1 unspecified atom stereocenters. The number of carbonyl (C=O) groups is 1. The van der Waals surface area contributed by atoms with Crippen LogP contribution < -0.4 is 5.32 Å². The van der Waals surface area contributed by atoms with Gasteiger partial charge in [0.05, 0.1) is 28.9 Å². The Morgan fingerprint density at radius 3 is 2.93 bits per heavy atom. The molecule has 0 saturated heterocycles. The van der Waals surface area contributed by atoms with Crippen LogP contribution in [-0.4, -0.2) is 47.7 Å². The minimum atomic E-state index is -0.602. The summed E-state index contributed by atoms with van der Waals surface area (Å²) in [5.41, 5.74) is 0.413. The van der Waals surface area contributed by atoms with Crippen LogP contribution in [0.1, 0.15) is 23.2 Å². The fourth-order valence-electron chi connectivity index (χ4n) is 3.52. The average molecular weight is 387 g/mol. The van der Waals surface area contributed by atoms with Crippen molar-refractivity contribution in [3.63, 3.8) is 0 Å². The van der Waals surface area contributed by atoms with Gasteiger partial charge in [0.2, 0.25) is 0 Å². The number of amides is 1. The fourth-order valence-corrected chi connectivity index (χ4v) is 3.68. The maximum atomic E-state index is 12.8. The smallest absolute Gasteiger partial charge is 0.255 e. The number of aliphatic hydroxyl groups is 1. The van der Waals surface area contributed by atoms with Gasteiger partial charge in [-0.15, -0.1) is 0 Å². The van der Waals surface area contributed by atoms with Crippen molar-refractivity contribution in [3.8, 4) is 5.82 Å². The first-order chi connectivity index (χ1) is 13.1. The van der Waals surface area contributed by atoms with Gasteiger partial charge in [0, 0.05) is 31.3 Å². The first-order valence-corrected chi connectivity index (χ1v) is 9.10. The van der Waals surface area contributed by atoms with Crippen molar-refractivity contribution < 1.29 is 9.90 Å². The zero-order valence-electron chi connectivity index (χ0n) is 14.4. The molecule has 2 N–H and O–H groups in total. The molecule has 0 radical (unpaired) electrons. The monoisotopic (exact) mass is 386 g/mol. The number of halogens is 1. The number of rotatable bonds is 5. The lowest BCUT2D eigenvalue weighted by Crippen LogP contribution is -2.40. The van der Waals surface area contributed by atoms with E-state index in [1.807, 2.05) is 0 Å². The molecule has 3 atom stereocenters. The lowest BCUT2D eigenvalue weighted by molar-refractivity contribution is 0.0872. The first-order valence-electron chi connectivity index (χ1n) is 8.72. The summed E-state index contributed by atoms with van der Waals surface area (Å²) in [6.07, 6.45) is 8.98. The van der Waals surface area contributed by atoms with E-state index in [4.69, 9.17) is 11.6 Å². The molecule has 1 saturated carbocycles. The van der Waals surface area contributed by atoms with Crippen LogP contribution in [0.2, 0.25) is 5.02 Å². The Morgan fingerprint density at radius 2 is 2.19 bits per heavy atom. The molecule has 9 heteroatoms. The van der Waals surface area contributed by atoms with Crippen LogP contribution in [0.4, 0.5) is 0 Å². The number of carbonyl (C=O) groups excluding carboxylic acids is 1. The normalized spacial score (nSPS) is 22.1. The van der Waals surface area contributed by atoms with Gasteiger partial charge in [-0.3, -0.25) is 9.48 Å². The van der Waals surface area contributed by atoms with Crippen molar-refractivity contribution in [2.24, 2.45) is 5.92 Å². The van der Waals surface area contributed by atoms with Crippen molar-refractivity contribution in [2.75, 3.05) is 0 Å². The van der Waals surface area contributed by atoms with Crippen LogP contribution >= 0.6 is 11.6 Å². The Morgan fingerprint density at radius 1 is 1.30 bits per heavy atom. The van der Waals surface area contributed by atoms with Gasteiger partial charge >= 0.3 is 0 Å². The highest BCUT2D eigenvalue weighted by atomic mass is 35.5. The van der Waals surface area contributed by atoms with Crippen molar-refractivity contribution in [3.05, 3.63) is 59.8 Å². The van der Waals surface area contributed by atoms with Crippen LogP contribution in [0.5, 0.6) is 0 Å². The summed E-state index contributed by atoms with van der Waals surface area (Å²) in [7, 11) is 0. The van der Waals surface area contributed by atoms with E-state index < -0.39 is 6.10 Å². The highest BCUT2D eigenvalue weighted by Gasteiger charge is 2.34. The van der Waals surface area contributed by atoms with Crippen molar-refractivity contribution in [1.82, 2.24) is 29.9 Å². The summed E-state index contributed by atoms with van der Waals surface area (Å²) in [6.45, 7) is 0.654. The average Bonchev–Trinajstić information content (AvgIpc) is 3.38. The van der Waals surface area contributed by atoms with E-state index in [0.717, 1.165) is 0 Å². The van der Waals surface area contributed by atoms with E-state index in [1.54, 1.807) is 58.5 Å². The standard InChI is InChI=1S/C18H19ClN6O2/c19-13-9-22-24(11-13)10-12-7-15(16(26)8-12)23-18(27)14-3-1-4-20-17(14)25-6-2-5-21-25/h1-6,9,11-12,15-16,26H,7-8,10H2,(H,23,27)/t12?,15-,16-/m1/s1. The maximum Gasteiger partial charge on any atom is 0.255 e. The largest absolute Gasteiger partial charge is 0.391 e. The predicted molar refractivity (Wildman–Crippen MR) is 98.6 cm³/mol. The summed E-state index contributed by atoms with van der Waals surface area (Å²) >= 11 is 5.89. The molecule has 0 aliphatic heterocycles. The number of hydrogen-bond acceptors (Lipinski definition) is 5. The molecule has 3 aromatic heterocycles. The summed E-state index contributed by atoms with van der Waals surface area (Å²) in [4.78, 5) is 17.1. The van der Waals surface area contributed by atoms with E-state index in [2.05, 4.69) is 20.5 Å². The molecule has 1 aliphatic carbocycles. The molecule has 4 rings (SSSR count). The van der Waals surface area contributed by atoms with Crippen molar-refractivity contribution >= 4 is 17.5 Å². The highest BCUT2D eigenvalue weighted by molar-refractivity contribution is 6.30. The number of pyridine rings is 1. The van der Waals surface area contributed by atoms with E-state index in [-0.39, 0.29) is 17.9 Å². The van der Waals surface area contributed by atoms with Crippen molar-refractivity contribution in [2.45, 2.75) is 31.5 Å². The topological polar surface area (TPSA) is 97.9 Å². The molecule has 0 spiro atoms. The van der Waals surface area contributed by atoms with E-state index in [1.165, 1.54) is 0 Å². The fraction of sp³-hybridized carbons (Fsp3) is 0.333. The predicted octanol–water partition coefficient (Wildman–Crippen LogP) is 1.69. The molecule has 3 aromatic rings. The van der Waals surface area contributed by atoms with E-state index in [9.17, 15) is 9.90 Å². The Balaban J connectivity index is 1.44. The first kappa shape index (κ1) is 17.7. The van der Waals surface area contributed by atoms with Crippen LogP contribution in [0.25, 0.3) is 5.82 Å². The molecule has 1 amide bonds. The van der Waals surface area contributed by atoms with Gasteiger partial charge in [-0.2, -0.15) is 10.2 Å². The number of aliphatic hydroxyl groups excluding tert-OH is 1. The van der Waals surface area contributed by atoms with E-state index in [0.29, 0.717) is 35.8 Å². The molecule has 140 valence electrons. The number of aromatic nitrogens is 5. The third-order valence-corrected chi connectivity index (χ3v) is 4.94. The second-order valence-electron chi connectivity index (χ2n) is 6.69. The molecular formula is C18H19ClN6O2. The van der Waals surface area contributed by atoms with E-state index >= 15 is 0 Å². The van der Waals surface area contributed by atoms with Crippen LogP contribution in [0.3, 0.4) is 0 Å². The molecule has 0 bridgehead atoms. The van der Waals surface area contributed by atoms with Gasteiger partial charge in [0.1, 0.15) is 0 Å². The lowest BCUT2D eigenvalue weighted by Gasteiger charge is -2.17. The molecule has 3 heterocycles. The summed E-state index contributed by atoms with van der Waals surface area (Å²) < 4.78 is 3.31. The van der Waals surface area contributed by atoms with Gasteiger partial charge in [-0.1, -0.05) is 11.6 Å². The lowest BCUT2D eigenvalue weighted by atomic mass is 10.1. The zero-order valence-corrected chi connectivity index (χ0v) is 15.2. The highest BCUT2D eigenvalue weighted by Crippen LogP contribution is 2.28. The van der Waals surface area contributed by atoms with Gasteiger partial charge in [-0.05, 0) is 37.0 Å². The summed E-state index contributed by atoms with van der Waals surface area (Å²) in [5, 5.41) is 22.2. The Labute approximate surface area is 160 Å². The zero-order chi connectivity index (χ0) is 18.8. The van der Waals surface area contributed by atoms with Crippen molar-refractivity contribution in [1.29, 1.82) is 0 Å². The van der Waals surface area contributed by atoms with Gasteiger partial charge in [-0.25, -0.2) is 9.67 Å². The summed E-state index contributed by atoms with van der Waals surface area (Å²) in [5.74, 6) is 0.386. The van der Waals surface area contributed by atoms with Gasteiger partial charge < -0.3 is 10.4 Å². The van der Waals surface area contributed by atoms with Gasteiger partial charge in [0.15, 0.2) is 5.82 Å².